The summed E-state index contributed by atoms with van der Waals surface area (Å²) >= 11 is 0. The maximum absolute atomic E-state index is 11.6. The highest BCUT2D eigenvalue weighted by molar-refractivity contribution is 5.96. The Balaban J connectivity index is 2.53. The molecular weight excluding hydrogens is 168 g/mol. The molecule has 0 aromatic heterocycles. The molecule has 2 bridgehead atoms. The minimum Gasteiger partial charge on any atom is -0.481 e. The molecule has 2 aliphatic rings. The van der Waals surface area contributed by atoms with Crippen molar-refractivity contribution < 1.29 is 14.7 Å². The molecule has 0 unspecified atom stereocenters. The van der Waals surface area contributed by atoms with Gasteiger partial charge in [-0.15, -0.1) is 0 Å². The number of hydrogen-bond acceptors (Lipinski definition) is 2. The summed E-state index contributed by atoms with van der Waals surface area (Å²) in [4.78, 5) is 22.8. The largest absolute Gasteiger partial charge is 0.481 e. The Morgan fingerprint density at radius 3 is 2.38 bits per heavy atom. The van der Waals surface area contributed by atoms with E-state index in [0.717, 1.165) is 12.8 Å². The minimum absolute atomic E-state index is 0.0718. The lowest BCUT2D eigenvalue weighted by molar-refractivity contribution is -0.156. The van der Waals surface area contributed by atoms with E-state index in [1.807, 2.05) is 6.92 Å². The molecule has 0 heterocycles. The predicted molar refractivity (Wildman–Crippen MR) is 46.2 cm³/mol. The van der Waals surface area contributed by atoms with Crippen LogP contribution in [-0.4, -0.2) is 16.9 Å². The summed E-state index contributed by atoms with van der Waals surface area (Å²) in [5.74, 6) is -0.584. The molecule has 0 aromatic rings. The van der Waals surface area contributed by atoms with Crippen LogP contribution in [0.25, 0.3) is 0 Å². The first kappa shape index (κ1) is 8.73. The number of Topliss-reactive ketones (excluding diaryl/α,β-unsaturated/α-hetero) is 1. The fourth-order valence-electron chi connectivity index (χ4n) is 3.06. The summed E-state index contributed by atoms with van der Waals surface area (Å²) in [6, 6.07) is 0. The van der Waals surface area contributed by atoms with Crippen molar-refractivity contribution >= 4 is 11.8 Å². The highest BCUT2D eigenvalue weighted by Gasteiger charge is 2.67. The molecule has 2 fully saturated rings. The first-order valence-electron chi connectivity index (χ1n) is 4.69. The summed E-state index contributed by atoms with van der Waals surface area (Å²) in [5, 5.41) is 9.18. The van der Waals surface area contributed by atoms with Crippen LogP contribution in [0.1, 0.15) is 33.1 Å². The number of carbonyl (C=O) groups is 2. The zero-order valence-corrected chi connectivity index (χ0v) is 7.96. The van der Waals surface area contributed by atoms with Crippen molar-refractivity contribution in [2.45, 2.75) is 33.1 Å². The molecule has 0 saturated heterocycles. The molecule has 2 rings (SSSR count). The molecule has 1 N–H and O–H groups in total. The Morgan fingerprint density at radius 1 is 1.54 bits per heavy atom. The van der Waals surface area contributed by atoms with E-state index in [1.165, 1.54) is 0 Å². The summed E-state index contributed by atoms with van der Waals surface area (Å²) in [6.07, 6.45) is 2.11. The zero-order valence-electron chi connectivity index (χ0n) is 7.96. The van der Waals surface area contributed by atoms with Gasteiger partial charge in [-0.25, -0.2) is 0 Å². The lowest BCUT2D eigenvalue weighted by atomic mass is 9.69. The summed E-state index contributed by atoms with van der Waals surface area (Å²) in [5.41, 5.74) is -1.40. The molecule has 0 aromatic carbocycles. The van der Waals surface area contributed by atoms with Crippen LogP contribution in [0.2, 0.25) is 0 Å². The molecule has 2 saturated carbocycles. The molecule has 3 nitrogen and oxygen atoms in total. The maximum atomic E-state index is 11.6. The Hall–Kier alpha value is -0.860. The van der Waals surface area contributed by atoms with Crippen LogP contribution in [-0.2, 0) is 9.59 Å². The summed E-state index contributed by atoms with van der Waals surface area (Å²) in [6.45, 7) is 3.55. The third kappa shape index (κ3) is 0.713. The number of rotatable bonds is 1. The van der Waals surface area contributed by atoms with E-state index in [4.69, 9.17) is 0 Å². The van der Waals surface area contributed by atoms with Crippen molar-refractivity contribution in [3.63, 3.8) is 0 Å². The van der Waals surface area contributed by atoms with E-state index in [-0.39, 0.29) is 11.7 Å². The minimum atomic E-state index is -0.802. The molecule has 13 heavy (non-hydrogen) atoms. The number of carbonyl (C=O) groups excluding carboxylic acids is 1. The second-order valence-corrected chi connectivity index (χ2v) is 4.70. The SMILES string of the molecule is C[C@]12CC[C@H](CC1=O)[C@@]2(C)C(=O)O. The topological polar surface area (TPSA) is 54.4 Å². The van der Waals surface area contributed by atoms with Crippen molar-refractivity contribution in [1.29, 1.82) is 0 Å². The van der Waals surface area contributed by atoms with Crippen LogP contribution < -0.4 is 0 Å². The van der Waals surface area contributed by atoms with Gasteiger partial charge >= 0.3 is 5.97 Å². The van der Waals surface area contributed by atoms with E-state index in [1.54, 1.807) is 6.92 Å². The van der Waals surface area contributed by atoms with E-state index in [0.29, 0.717) is 6.42 Å². The van der Waals surface area contributed by atoms with Gasteiger partial charge in [-0.3, -0.25) is 9.59 Å². The van der Waals surface area contributed by atoms with E-state index >= 15 is 0 Å². The molecule has 2 aliphatic carbocycles. The monoisotopic (exact) mass is 182 g/mol. The quantitative estimate of drug-likeness (QED) is 0.668. The van der Waals surface area contributed by atoms with Crippen molar-refractivity contribution in [3.8, 4) is 0 Å². The molecule has 0 amide bonds. The number of fused-ring (bicyclic) bond motifs is 2. The standard InChI is InChI=1S/C10H14O3/c1-9-4-3-6(5-7(9)11)10(9,2)8(12)13/h6H,3-5H2,1-2H3,(H,12,13)/t6-,9+,10+/m1/s1. The van der Waals surface area contributed by atoms with Gasteiger partial charge in [0.15, 0.2) is 0 Å². The molecule has 0 radical (unpaired) electrons. The number of ketones is 1. The second kappa shape index (κ2) is 2.14. The number of aliphatic carboxylic acids is 1. The van der Waals surface area contributed by atoms with E-state index < -0.39 is 16.8 Å². The van der Waals surface area contributed by atoms with Gasteiger partial charge in [0.05, 0.1) is 5.41 Å². The van der Waals surface area contributed by atoms with Crippen LogP contribution in [0.4, 0.5) is 0 Å². The number of carboxylic acids is 1. The van der Waals surface area contributed by atoms with Gasteiger partial charge in [0.25, 0.3) is 0 Å². The van der Waals surface area contributed by atoms with Crippen LogP contribution in [0.3, 0.4) is 0 Å². The molecule has 3 heteroatoms. The van der Waals surface area contributed by atoms with Crippen molar-refractivity contribution in [2.75, 3.05) is 0 Å². The Kier molecular flexibility index (Phi) is 1.44. The van der Waals surface area contributed by atoms with Gasteiger partial charge in [0.2, 0.25) is 0 Å². The molecule has 72 valence electrons. The van der Waals surface area contributed by atoms with Crippen molar-refractivity contribution in [1.82, 2.24) is 0 Å². The average Bonchev–Trinajstić information content (AvgIpc) is 2.40. The van der Waals surface area contributed by atoms with Crippen LogP contribution in [0, 0.1) is 16.7 Å². The lowest BCUT2D eigenvalue weighted by Crippen LogP contribution is -2.41. The predicted octanol–water partition coefficient (Wildman–Crippen LogP) is 1.47. The third-order valence-electron chi connectivity index (χ3n) is 4.45. The fourth-order valence-corrected chi connectivity index (χ4v) is 3.06. The van der Waals surface area contributed by atoms with Crippen molar-refractivity contribution in [3.05, 3.63) is 0 Å². The zero-order chi connectivity index (χ0) is 9.85. The van der Waals surface area contributed by atoms with Gasteiger partial charge in [0, 0.05) is 11.8 Å². The Morgan fingerprint density at radius 2 is 2.15 bits per heavy atom. The van der Waals surface area contributed by atoms with E-state index in [9.17, 15) is 14.7 Å². The molecule has 3 atom stereocenters. The smallest absolute Gasteiger partial charge is 0.310 e. The third-order valence-corrected chi connectivity index (χ3v) is 4.45. The summed E-state index contributed by atoms with van der Waals surface area (Å²) in [7, 11) is 0. The van der Waals surface area contributed by atoms with Gasteiger partial charge in [-0.05, 0) is 25.7 Å². The first-order valence-corrected chi connectivity index (χ1v) is 4.69. The summed E-state index contributed by atoms with van der Waals surface area (Å²) < 4.78 is 0. The fraction of sp³-hybridized carbons (Fsp3) is 0.800. The first-order chi connectivity index (χ1) is 5.93. The van der Waals surface area contributed by atoms with E-state index in [2.05, 4.69) is 0 Å². The second-order valence-electron chi connectivity index (χ2n) is 4.70. The Bertz CT molecular complexity index is 297. The average molecular weight is 182 g/mol. The molecule has 0 spiro atoms. The number of carboxylic acid groups (broad SMARTS) is 1. The Labute approximate surface area is 77.1 Å². The highest BCUT2D eigenvalue weighted by atomic mass is 16.4. The lowest BCUT2D eigenvalue weighted by Gasteiger charge is -2.31. The maximum Gasteiger partial charge on any atom is 0.310 e. The normalized spacial score (nSPS) is 48.5. The van der Waals surface area contributed by atoms with Crippen LogP contribution in [0.15, 0.2) is 0 Å². The van der Waals surface area contributed by atoms with Crippen molar-refractivity contribution in [2.24, 2.45) is 16.7 Å². The molecule has 0 aliphatic heterocycles. The highest BCUT2D eigenvalue weighted by Crippen LogP contribution is 2.63. The van der Waals surface area contributed by atoms with Gasteiger partial charge in [-0.2, -0.15) is 0 Å². The molecular formula is C10H14O3. The van der Waals surface area contributed by atoms with Gasteiger partial charge in [0.1, 0.15) is 5.78 Å². The van der Waals surface area contributed by atoms with Crippen LogP contribution >= 0.6 is 0 Å². The number of hydrogen-bond donors (Lipinski definition) is 1. The van der Waals surface area contributed by atoms with Gasteiger partial charge < -0.3 is 5.11 Å². The van der Waals surface area contributed by atoms with Gasteiger partial charge in [-0.1, -0.05) is 6.92 Å². The van der Waals surface area contributed by atoms with Crippen LogP contribution in [0.5, 0.6) is 0 Å².